The van der Waals surface area contributed by atoms with Gasteiger partial charge in [0.1, 0.15) is 30.5 Å². The predicted octanol–water partition coefficient (Wildman–Crippen LogP) is 6.93. The summed E-state index contributed by atoms with van der Waals surface area (Å²) in [5, 5.41) is 20.6. The number of carbonyl (C=O) groups is 2. The summed E-state index contributed by atoms with van der Waals surface area (Å²) in [6, 6.07) is 0. The van der Waals surface area contributed by atoms with Crippen molar-refractivity contribution in [3.05, 3.63) is 12.3 Å². The molecule has 8 heteroatoms. The quantitative estimate of drug-likeness (QED) is 0.0487. The van der Waals surface area contributed by atoms with Crippen LogP contribution < -0.4 is 0 Å². The molecule has 0 unspecified atom stereocenters. The van der Waals surface area contributed by atoms with Gasteiger partial charge in [-0.2, -0.15) is 0 Å². The molecule has 1 fully saturated rings. The number of aliphatic hydroxyl groups excluding tert-OH is 2. The predicted molar refractivity (Wildman–Crippen MR) is 161 cm³/mol. The van der Waals surface area contributed by atoms with E-state index in [0.717, 1.165) is 38.5 Å². The van der Waals surface area contributed by atoms with Crippen LogP contribution in [-0.4, -0.2) is 65.9 Å². The van der Waals surface area contributed by atoms with Crippen molar-refractivity contribution in [3.8, 4) is 0 Å². The number of hydrogen-bond acceptors (Lipinski definition) is 8. The van der Waals surface area contributed by atoms with Gasteiger partial charge in [0.2, 0.25) is 6.29 Å². The van der Waals surface area contributed by atoms with Gasteiger partial charge in [0.15, 0.2) is 6.10 Å². The Bertz CT molecular complexity index is 682. The Hall–Kier alpha value is -1.48. The van der Waals surface area contributed by atoms with Crippen LogP contribution in [0.5, 0.6) is 0 Å². The van der Waals surface area contributed by atoms with Gasteiger partial charge < -0.3 is 29.2 Å². The highest BCUT2D eigenvalue weighted by molar-refractivity contribution is 5.95. The molecule has 8 nitrogen and oxygen atoms in total. The van der Waals surface area contributed by atoms with E-state index in [-0.39, 0.29) is 12.2 Å². The zero-order chi connectivity index (χ0) is 30.1. The molecule has 0 radical (unpaired) electrons. The molecule has 5 atom stereocenters. The number of hydrogen-bond donors (Lipinski definition) is 2. The second-order valence-electron chi connectivity index (χ2n) is 11.4. The molecule has 0 aromatic carbocycles. The van der Waals surface area contributed by atoms with Crippen molar-refractivity contribution >= 4 is 11.8 Å². The number of esters is 1. The van der Waals surface area contributed by atoms with Crippen molar-refractivity contribution in [1.82, 2.24) is 0 Å². The van der Waals surface area contributed by atoms with E-state index >= 15 is 0 Å². The Morgan fingerprint density at radius 3 is 1.85 bits per heavy atom. The zero-order valence-corrected chi connectivity index (χ0v) is 26.2. The van der Waals surface area contributed by atoms with Crippen LogP contribution in [0.1, 0.15) is 143 Å². The van der Waals surface area contributed by atoms with Gasteiger partial charge in [-0.15, -0.1) is 0 Å². The van der Waals surface area contributed by atoms with Crippen LogP contribution in [0.4, 0.5) is 0 Å². The van der Waals surface area contributed by atoms with E-state index in [1.54, 1.807) is 13.0 Å². The molecular formula is C33H60O8. The van der Waals surface area contributed by atoms with Gasteiger partial charge in [0, 0.05) is 13.0 Å². The number of ketones is 1. The molecule has 240 valence electrons. The molecule has 0 aliphatic carbocycles. The first-order chi connectivity index (χ1) is 20.0. The first-order valence-electron chi connectivity index (χ1n) is 16.5. The van der Waals surface area contributed by atoms with Gasteiger partial charge in [-0.3, -0.25) is 9.59 Å². The molecular weight excluding hydrogens is 524 g/mol. The summed E-state index contributed by atoms with van der Waals surface area (Å²) < 4.78 is 23.0. The third-order valence-electron chi connectivity index (χ3n) is 7.62. The summed E-state index contributed by atoms with van der Waals surface area (Å²) in [6.07, 6.45) is 17.4. The molecule has 0 amide bonds. The van der Waals surface area contributed by atoms with Crippen LogP contribution in [0.15, 0.2) is 12.3 Å². The van der Waals surface area contributed by atoms with Crippen LogP contribution >= 0.6 is 0 Å². The maximum atomic E-state index is 12.8. The maximum absolute atomic E-state index is 12.8. The molecule has 41 heavy (non-hydrogen) atoms. The van der Waals surface area contributed by atoms with Gasteiger partial charge in [-0.05, 0) is 19.8 Å². The Morgan fingerprint density at radius 2 is 1.32 bits per heavy atom. The lowest BCUT2D eigenvalue weighted by atomic mass is 9.98. The van der Waals surface area contributed by atoms with Crippen molar-refractivity contribution in [3.63, 3.8) is 0 Å². The smallest absolute Gasteiger partial charge is 0.313 e. The summed E-state index contributed by atoms with van der Waals surface area (Å²) in [6.45, 7) is 6.12. The number of unbranched alkanes of at least 4 members (excludes halogenated alkanes) is 15. The van der Waals surface area contributed by atoms with Crippen molar-refractivity contribution < 1.29 is 38.7 Å². The number of allylic oxidation sites excluding steroid dienone is 1. The van der Waals surface area contributed by atoms with E-state index in [1.807, 2.05) is 0 Å². The third kappa shape index (κ3) is 17.3. The molecule has 0 bridgehead atoms. The fourth-order valence-electron chi connectivity index (χ4n) is 5.15. The third-order valence-corrected chi connectivity index (χ3v) is 7.62. The lowest BCUT2D eigenvalue weighted by molar-refractivity contribution is -0.299. The number of rotatable bonds is 26. The maximum Gasteiger partial charge on any atom is 0.313 e. The minimum Gasteiger partial charge on any atom is -0.469 e. The number of Topliss-reactive ketones (excluding diaryl/α,β-unsaturated/α-hetero) is 1. The zero-order valence-electron chi connectivity index (χ0n) is 26.2. The van der Waals surface area contributed by atoms with E-state index in [9.17, 15) is 19.8 Å². The molecule has 0 aromatic rings. The summed E-state index contributed by atoms with van der Waals surface area (Å²) in [5.74, 6) is -0.852. The Balaban J connectivity index is 2.56. The van der Waals surface area contributed by atoms with Crippen LogP contribution in [0, 0.1) is 0 Å². The standard InChI is InChI=1S/C33H60O8/c1-4-7-9-11-13-15-16-18-20-22-27(35)25-29(36)41-32-31(38-24-21-19-17-14-12-10-8-5-2)30(37)28(26-34)40-33(32)39-23-6-3/h6,23,28,30-34,37H,4-5,7-22,24-26H2,1-3H3/b23-6+/t28-,30-,31+,32-,33-/m1/s1. The van der Waals surface area contributed by atoms with E-state index in [0.29, 0.717) is 13.0 Å². The minimum absolute atomic E-state index is 0.161. The van der Waals surface area contributed by atoms with Gasteiger partial charge in [-0.25, -0.2) is 0 Å². The van der Waals surface area contributed by atoms with E-state index in [2.05, 4.69) is 13.8 Å². The lowest BCUT2D eigenvalue weighted by Crippen LogP contribution is -2.61. The largest absolute Gasteiger partial charge is 0.469 e. The lowest BCUT2D eigenvalue weighted by Gasteiger charge is -2.42. The average molecular weight is 585 g/mol. The molecule has 0 saturated carbocycles. The monoisotopic (exact) mass is 584 g/mol. The molecule has 1 heterocycles. The Kier molecular flexibility index (Phi) is 22.9. The van der Waals surface area contributed by atoms with Gasteiger partial charge in [0.05, 0.1) is 12.9 Å². The van der Waals surface area contributed by atoms with E-state index in [4.69, 9.17) is 18.9 Å². The van der Waals surface area contributed by atoms with Crippen LogP contribution in [0.25, 0.3) is 0 Å². The summed E-state index contributed by atoms with van der Waals surface area (Å²) >= 11 is 0. The van der Waals surface area contributed by atoms with Crippen molar-refractivity contribution in [2.75, 3.05) is 13.2 Å². The normalized spacial score (nSPS) is 22.7. The molecule has 1 rings (SSSR count). The number of ether oxygens (including phenoxy) is 4. The van der Waals surface area contributed by atoms with Gasteiger partial charge in [0.25, 0.3) is 0 Å². The summed E-state index contributed by atoms with van der Waals surface area (Å²) in [4.78, 5) is 25.2. The second-order valence-corrected chi connectivity index (χ2v) is 11.4. The van der Waals surface area contributed by atoms with E-state index < -0.39 is 43.3 Å². The molecule has 0 spiro atoms. The molecule has 2 N–H and O–H groups in total. The van der Waals surface area contributed by atoms with Crippen LogP contribution in [0.2, 0.25) is 0 Å². The van der Waals surface area contributed by atoms with Crippen LogP contribution in [-0.2, 0) is 28.5 Å². The van der Waals surface area contributed by atoms with Gasteiger partial charge >= 0.3 is 5.97 Å². The highest BCUT2D eigenvalue weighted by Gasteiger charge is 2.49. The Labute approximate surface area is 249 Å². The highest BCUT2D eigenvalue weighted by Crippen LogP contribution is 2.28. The van der Waals surface area contributed by atoms with Crippen molar-refractivity contribution in [2.45, 2.75) is 173 Å². The molecule has 1 saturated heterocycles. The number of carbonyl (C=O) groups excluding carboxylic acids is 2. The molecule has 1 aliphatic rings. The SMILES string of the molecule is C/C=C/O[C@@H]1O[C@H](CO)[C@@H](O)[C@H](OCCCCCCCCCC)[C@H]1OC(=O)CC(=O)CCCCCCCCCCC. The van der Waals surface area contributed by atoms with Crippen molar-refractivity contribution in [2.24, 2.45) is 0 Å². The fraction of sp³-hybridized carbons (Fsp3) is 0.879. The first kappa shape index (κ1) is 37.5. The van der Waals surface area contributed by atoms with Gasteiger partial charge in [-0.1, -0.05) is 116 Å². The average Bonchev–Trinajstić information content (AvgIpc) is 2.96. The molecule has 1 aliphatic heterocycles. The van der Waals surface area contributed by atoms with Crippen LogP contribution in [0.3, 0.4) is 0 Å². The second kappa shape index (κ2) is 25.1. The number of aliphatic hydroxyl groups is 2. The molecule has 0 aromatic heterocycles. The van der Waals surface area contributed by atoms with E-state index in [1.165, 1.54) is 76.9 Å². The first-order valence-corrected chi connectivity index (χ1v) is 16.5. The Morgan fingerprint density at radius 1 is 0.780 bits per heavy atom. The minimum atomic E-state index is -1.21. The highest BCUT2D eigenvalue weighted by atomic mass is 16.7. The summed E-state index contributed by atoms with van der Waals surface area (Å²) in [5.41, 5.74) is 0. The topological polar surface area (TPSA) is 112 Å². The fourth-order valence-corrected chi connectivity index (χ4v) is 5.15. The summed E-state index contributed by atoms with van der Waals surface area (Å²) in [7, 11) is 0. The van der Waals surface area contributed by atoms with Crippen molar-refractivity contribution in [1.29, 1.82) is 0 Å².